The van der Waals surface area contributed by atoms with Crippen LogP contribution < -0.4 is 10.1 Å². The summed E-state index contributed by atoms with van der Waals surface area (Å²) in [5.41, 5.74) is 4.55. The minimum absolute atomic E-state index is 0.0272. The lowest BCUT2D eigenvalue weighted by molar-refractivity contribution is -0.123. The van der Waals surface area contributed by atoms with Crippen LogP contribution in [0.2, 0.25) is 0 Å². The minimum atomic E-state index is -0.112. The second kappa shape index (κ2) is 8.00. The Morgan fingerprint density at radius 2 is 1.62 bits per heavy atom. The van der Waals surface area contributed by atoms with E-state index in [-0.39, 0.29) is 18.6 Å². The topological polar surface area (TPSA) is 38.3 Å². The van der Waals surface area contributed by atoms with E-state index in [1.165, 1.54) is 5.56 Å². The molecule has 0 saturated heterocycles. The van der Waals surface area contributed by atoms with Gasteiger partial charge in [0.1, 0.15) is 5.75 Å². The van der Waals surface area contributed by atoms with Gasteiger partial charge in [0.2, 0.25) is 0 Å². The van der Waals surface area contributed by atoms with E-state index in [0.717, 1.165) is 22.4 Å². The molecule has 0 fully saturated rings. The SMILES string of the molecule is Cc1ccc([C@H](C)NC(=O)COc2cc(C)ccc2C(C)C)cc1. The van der Waals surface area contributed by atoms with Crippen molar-refractivity contribution in [2.75, 3.05) is 6.61 Å². The predicted molar refractivity (Wildman–Crippen MR) is 98.5 cm³/mol. The molecule has 0 bridgehead atoms. The molecule has 0 aliphatic rings. The van der Waals surface area contributed by atoms with Gasteiger partial charge in [-0.2, -0.15) is 0 Å². The van der Waals surface area contributed by atoms with Crippen LogP contribution in [-0.4, -0.2) is 12.5 Å². The standard InChI is InChI=1S/C21H27NO2/c1-14(2)19-11-8-16(4)12-20(19)24-13-21(23)22-17(5)18-9-6-15(3)7-10-18/h6-12,14,17H,13H2,1-5H3,(H,22,23)/t17-/m0/s1. The molecule has 2 aromatic rings. The first-order chi connectivity index (χ1) is 11.4. The Hall–Kier alpha value is -2.29. The quantitative estimate of drug-likeness (QED) is 0.837. The first-order valence-corrected chi connectivity index (χ1v) is 8.46. The lowest BCUT2D eigenvalue weighted by Gasteiger charge is -2.17. The van der Waals surface area contributed by atoms with Crippen LogP contribution in [0.15, 0.2) is 42.5 Å². The van der Waals surface area contributed by atoms with E-state index >= 15 is 0 Å². The van der Waals surface area contributed by atoms with E-state index < -0.39 is 0 Å². The fraction of sp³-hybridized carbons (Fsp3) is 0.381. The van der Waals surface area contributed by atoms with Crippen LogP contribution in [0.4, 0.5) is 0 Å². The first kappa shape index (κ1) is 18.1. The van der Waals surface area contributed by atoms with Crippen LogP contribution in [-0.2, 0) is 4.79 Å². The monoisotopic (exact) mass is 325 g/mol. The summed E-state index contributed by atoms with van der Waals surface area (Å²) in [6.07, 6.45) is 0. The molecule has 1 atom stereocenters. The van der Waals surface area contributed by atoms with Crippen molar-refractivity contribution in [1.29, 1.82) is 0 Å². The second-order valence-electron chi connectivity index (χ2n) is 6.68. The summed E-state index contributed by atoms with van der Waals surface area (Å²) in [6.45, 7) is 10.3. The molecule has 0 unspecified atom stereocenters. The van der Waals surface area contributed by atoms with Crippen molar-refractivity contribution in [1.82, 2.24) is 5.32 Å². The zero-order valence-corrected chi connectivity index (χ0v) is 15.2. The molecule has 2 aromatic carbocycles. The van der Waals surface area contributed by atoms with Crippen molar-refractivity contribution in [3.8, 4) is 5.75 Å². The van der Waals surface area contributed by atoms with Crippen molar-refractivity contribution in [3.05, 3.63) is 64.7 Å². The van der Waals surface area contributed by atoms with Crippen LogP contribution in [0, 0.1) is 13.8 Å². The normalized spacial score (nSPS) is 12.1. The predicted octanol–water partition coefficient (Wildman–Crippen LogP) is 4.68. The average Bonchev–Trinajstić information content (AvgIpc) is 2.53. The van der Waals surface area contributed by atoms with Crippen molar-refractivity contribution in [2.45, 2.75) is 46.6 Å². The highest BCUT2D eigenvalue weighted by molar-refractivity contribution is 5.78. The van der Waals surface area contributed by atoms with Gasteiger partial charge in [0.25, 0.3) is 5.91 Å². The summed E-state index contributed by atoms with van der Waals surface area (Å²) in [7, 11) is 0. The van der Waals surface area contributed by atoms with Crippen molar-refractivity contribution < 1.29 is 9.53 Å². The van der Waals surface area contributed by atoms with E-state index in [0.29, 0.717) is 5.92 Å². The molecule has 2 rings (SSSR count). The number of hydrogen-bond donors (Lipinski definition) is 1. The lowest BCUT2D eigenvalue weighted by Crippen LogP contribution is -2.31. The Balaban J connectivity index is 1.96. The summed E-state index contributed by atoms with van der Waals surface area (Å²) in [6, 6.07) is 14.3. The fourth-order valence-electron chi connectivity index (χ4n) is 2.61. The van der Waals surface area contributed by atoms with Crippen LogP contribution in [0.1, 0.15) is 55.0 Å². The maximum atomic E-state index is 12.2. The summed E-state index contributed by atoms with van der Waals surface area (Å²) in [5.74, 6) is 1.04. The van der Waals surface area contributed by atoms with Gasteiger partial charge in [0.05, 0.1) is 6.04 Å². The lowest BCUT2D eigenvalue weighted by atomic mass is 10.0. The van der Waals surface area contributed by atoms with E-state index in [2.05, 4.69) is 50.4 Å². The van der Waals surface area contributed by atoms with Gasteiger partial charge in [-0.3, -0.25) is 4.79 Å². The average molecular weight is 325 g/mol. The summed E-state index contributed by atoms with van der Waals surface area (Å²) in [4.78, 5) is 12.2. The zero-order valence-electron chi connectivity index (χ0n) is 15.2. The largest absolute Gasteiger partial charge is 0.483 e. The van der Waals surface area contributed by atoms with Gasteiger partial charge >= 0.3 is 0 Å². The number of rotatable bonds is 6. The van der Waals surface area contributed by atoms with Crippen LogP contribution in [0.3, 0.4) is 0 Å². The number of carbonyl (C=O) groups is 1. The molecule has 0 aromatic heterocycles. The Morgan fingerprint density at radius 1 is 1.00 bits per heavy atom. The molecule has 0 aliphatic carbocycles. The Labute approximate surface area is 145 Å². The number of hydrogen-bond acceptors (Lipinski definition) is 2. The molecule has 1 amide bonds. The van der Waals surface area contributed by atoms with Gasteiger partial charge in [-0.1, -0.05) is 55.8 Å². The number of amides is 1. The van der Waals surface area contributed by atoms with Crippen LogP contribution in [0.25, 0.3) is 0 Å². The van der Waals surface area contributed by atoms with Crippen molar-refractivity contribution >= 4 is 5.91 Å². The fourth-order valence-corrected chi connectivity index (χ4v) is 2.61. The van der Waals surface area contributed by atoms with E-state index in [1.54, 1.807) is 0 Å². The first-order valence-electron chi connectivity index (χ1n) is 8.46. The Kier molecular flexibility index (Phi) is 6.02. The third-order valence-electron chi connectivity index (χ3n) is 4.10. The minimum Gasteiger partial charge on any atom is -0.483 e. The van der Waals surface area contributed by atoms with E-state index in [4.69, 9.17) is 4.74 Å². The molecule has 3 nitrogen and oxygen atoms in total. The van der Waals surface area contributed by atoms with Crippen molar-refractivity contribution in [2.24, 2.45) is 0 Å². The molecule has 3 heteroatoms. The molecule has 24 heavy (non-hydrogen) atoms. The van der Waals surface area contributed by atoms with Gasteiger partial charge in [-0.25, -0.2) is 0 Å². The van der Waals surface area contributed by atoms with Crippen molar-refractivity contribution in [3.63, 3.8) is 0 Å². The molecule has 0 heterocycles. The van der Waals surface area contributed by atoms with Crippen LogP contribution in [0.5, 0.6) is 5.75 Å². The number of ether oxygens (including phenoxy) is 1. The molecule has 0 spiro atoms. The van der Waals surface area contributed by atoms with Gasteiger partial charge in [0.15, 0.2) is 6.61 Å². The number of benzene rings is 2. The van der Waals surface area contributed by atoms with Gasteiger partial charge < -0.3 is 10.1 Å². The maximum absolute atomic E-state index is 12.2. The maximum Gasteiger partial charge on any atom is 0.258 e. The smallest absolute Gasteiger partial charge is 0.258 e. The summed E-state index contributed by atoms with van der Waals surface area (Å²) in [5, 5.41) is 2.99. The van der Waals surface area contributed by atoms with E-state index in [9.17, 15) is 4.79 Å². The molecule has 0 saturated carbocycles. The van der Waals surface area contributed by atoms with E-state index in [1.807, 2.05) is 32.0 Å². The summed E-state index contributed by atoms with van der Waals surface area (Å²) >= 11 is 0. The highest BCUT2D eigenvalue weighted by atomic mass is 16.5. The number of carbonyl (C=O) groups excluding carboxylic acids is 1. The third kappa shape index (κ3) is 4.85. The molecule has 0 aliphatic heterocycles. The highest BCUT2D eigenvalue weighted by Crippen LogP contribution is 2.27. The molecule has 1 N–H and O–H groups in total. The van der Waals surface area contributed by atoms with Gasteiger partial charge in [-0.05, 0) is 49.4 Å². The Morgan fingerprint density at radius 3 is 2.25 bits per heavy atom. The second-order valence-corrected chi connectivity index (χ2v) is 6.68. The molecule has 128 valence electrons. The molecular formula is C21H27NO2. The van der Waals surface area contributed by atoms with Gasteiger partial charge in [0, 0.05) is 0 Å². The van der Waals surface area contributed by atoms with Gasteiger partial charge in [-0.15, -0.1) is 0 Å². The zero-order chi connectivity index (χ0) is 17.7. The summed E-state index contributed by atoms with van der Waals surface area (Å²) < 4.78 is 5.78. The number of aryl methyl sites for hydroxylation is 2. The molecule has 0 radical (unpaired) electrons. The highest BCUT2D eigenvalue weighted by Gasteiger charge is 2.12. The Bertz CT molecular complexity index is 689. The number of nitrogens with one attached hydrogen (secondary N) is 1. The molecular weight excluding hydrogens is 298 g/mol. The van der Waals surface area contributed by atoms with Crippen LogP contribution >= 0.6 is 0 Å². The third-order valence-corrected chi connectivity index (χ3v) is 4.10.